The van der Waals surface area contributed by atoms with Crippen molar-refractivity contribution in [1.82, 2.24) is 0 Å². The Morgan fingerprint density at radius 3 is 2.64 bits per heavy atom. The summed E-state index contributed by atoms with van der Waals surface area (Å²) in [5.74, 6) is -0.892. The van der Waals surface area contributed by atoms with Crippen LogP contribution in [-0.4, -0.2) is 11.1 Å². The van der Waals surface area contributed by atoms with E-state index in [2.05, 4.69) is 0 Å². The van der Waals surface area contributed by atoms with Gasteiger partial charge in [0.05, 0.1) is 0 Å². The minimum atomic E-state index is -0.892. The van der Waals surface area contributed by atoms with E-state index in [9.17, 15) is 4.79 Å². The third-order valence-electron chi connectivity index (χ3n) is 1.70. The smallest absolute Gasteiger partial charge is 0.401 e. The lowest BCUT2D eigenvalue weighted by atomic mass is 10.3. The van der Waals surface area contributed by atoms with Crippen LogP contribution in [0.2, 0.25) is 0 Å². The van der Waals surface area contributed by atoms with Crippen LogP contribution in [0.25, 0.3) is 0 Å². The normalized spacial score (nSPS) is 9.64. The quantitative estimate of drug-likeness (QED) is 0.596. The largest absolute Gasteiger partial charge is 0.473 e. The Balaban J connectivity index is 3.27. The molecule has 0 aliphatic heterocycles. The molecule has 0 spiro atoms. The number of pyridine rings is 1. The van der Waals surface area contributed by atoms with Crippen molar-refractivity contribution in [3.8, 4) is 0 Å². The first-order valence-corrected chi connectivity index (χ1v) is 3.32. The van der Waals surface area contributed by atoms with E-state index in [4.69, 9.17) is 5.11 Å². The fraction of sp³-hybridized carbons (Fsp3) is 0.250. The lowest BCUT2D eigenvalue weighted by Gasteiger charge is -1.95. The van der Waals surface area contributed by atoms with Gasteiger partial charge < -0.3 is 5.11 Å². The van der Waals surface area contributed by atoms with Crippen molar-refractivity contribution < 1.29 is 14.5 Å². The third-order valence-corrected chi connectivity index (χ3v) is 1.70. The summed E-state index contributed by atoms with van der Waals surface area (Å²) >= 11 is 0. The molecular weight excluding hydrogens is 142 g/mol. The van der Waals surface area contributed by atoms with Gasteiger partial charge in [0, 0.05) is 19.1 Å². The molecular formula is C8H10NO2+. The van der Waals surface area contributed by atoms with Crippen LogP contribution < -0.4 is 4.57 Å². The third kappa shape index (κ3) is 1.37. The molecule has 0 amide bonds. The highest BCUT2D eigenvalue weighted by Gasteiger charge is 2.15. The minimum Gasteiger partial charge on any atom is -0.473 e. The number of hydrogen-bond donors (Lipinski definition) is 1. The van der Waals surface area contributed by atoms with E-state index in [1.54, 1.807) is 23.7 Å². The highest BCUT2D eigenvalue weighted by molar-refractivity contribution is 5.83. The first kappa shape index (κ1) is 7.72. The standard InChI is InChI=1S/C8H9NO2/c1-6-4-3-5-7(8(10)11)9(6)2/h3-5H,1-2H3/p+1. The highest BCUT2D eigenvalue weighted by Crippen LogP contribution is 1.93. The predicted octanol–water partition coefficient (Wildman–Crippen LogP) is 0.518. The second-order valence-electron chi connectivity index (χ2n) is 2.42. The Labute approximate surface area is 64.9 Å². The molecule has 11 heavy (non-hydrogen) atoms. The van der Waals surface area contributed by atoms with Crippen molar-refractivity contribution in [3.63, 3.8) is 0 Å². The van der Waals surface area contributed by atoms with Gasteiger partial charge in [-0.05, 0) is 6.07 Å². The van der Waals surface area contributed by atoms with E-state index in [1.165, 1.54) is 0 Å². The van der Waals surface area contributed by atoms with Crippen LogP contribution in [-0.2, 0) is 7.05 Å². The van der Waals surface area contributed by atoms with Crippen LogP contribution in [0.4, 0.5) is 0 Å². The van der Waals surface area contributed by atoms with Crippen LogP contribution in [0.5, 0.6) is 0 Å². The molecule has 0 saturated carbocycles. The molecule has 3 heteroatoms. The zero-order valence-electron chi connectivity index (χ0n) is 6.53. The molecule has 1 heterocycles. The van der Waals surface area contributed by atoms with Gasteiger partial charge >= 0.3 is 5.97 Å². The Hall–Kier alpha value is -1.38. The Morgan fingerprint density at radius 2 is 2.18 bits per heavy atom. The molecule has 0 bridgehead atoms. The van der Waals surface area contributed by atoms with Crippen molar-refractivity contribution in [1.29, 1.82) is 0 Å². The molecule has 58 valence electrons. The van der Waals surface area contributed by atoms with E-state index < -0.39 is 5.97 Å². The lowest BCUT2D eigenvalue weighted by molar-refractivity contribution is -0.680. The van der Waals surface area contributed by atoms with E-state index in [1.807, 2.05) is 13.0 Å². The van der Waals surface area contributed by atoms with Crippen molar-refractivity contribution in [2.45, 2.75) is 6.92 Å². The minimum absolute atomic E-state index is 0.310. The molecule has 0 unspecified atom stereocenters. The van der Waals surface area contributed by atoms with Crippen LogP contribution >= 0.6 is 0 Å². The fourth-order valence-corrected chi connectivity index (χ4v) is 0.907. The topological polar surface area (TPSA) is 41.2 Å². The van der Waals surface area contributed by atoms with Crippen molar-refractivity contribution >= 4 is 5.97 Å². The average Bonchev–Trinajstić information content (AvgIpc) is 1.94. The van der Waals surface area contributed by atoms with Crippen LogP contribution in [0.15, 0.2) is 18.2 Å². The molecule has 0 radical (unpaired) electrons. The number of carboxylic acid groups (broad SMARTS) is 1. The second kappa shape index (κ2) is 2.70. The van der Waals surface area contributed by atoms with Gasteiger partial charge in [0.2, 0.25) is 0 Å². The monoisotopic (exact) mass is 152 g/mol. The first-order chi connectivity index (χ1) is 5.13. The number of aryl methyl sites for hydroxylation is 1. The zero-order chi connectivity index (χ0) is 8.43. The van der Waals surface area contributed by atoms with Gasteiger partial charge in [-0.25, -0.2) is 4.79 Å². The van der Waals surface area contributed by atoms with E-state index in [0.717, 1.165) is 5.69 Å². The maximum atomic E-state index is 10.6. The molecule has 3 nitrogen and oxygen atoms in total. The Kier molecular flexibility index (Phi) is 1.89. The van der Waals surface area contributed by atoms with Crippen molar-refractivity contribution in [2.24, 2.45) is 7.05 Å². The van der Waals surface area contributed by atoms with Gasteiger partial charge in [-0.2, -0.15) is 4.57 Å². The molecule has 1 aromatic heterocycles. The summed E-state index contributed by atoms with van der Waals surface area (Å²) in [4.78, 5) is 10.6. The number of aromatic nitrogens is 1. The molecule has 1 N–H and O–H groups in total. The Morgan fingerprint density at radius 1 is 1.55 bits per heavy atom. The van der Waals surface area contributed by atoms with E-state index >= 15 is 0 Å². The molecule has 1 aromatic rings. The van der Waals surface area contributed by atoms with E-state index in [-0.39, 0.29) is 0 Å². The highest BCUT2D eigenvalue weighted by atomic mass is 16.4. The maximum Gasteiger partial charge on any atom is 0.401 e. The van der Waals surface area contributed by atoms with Gasteiger partial charge in [0.1, 0.15) is 7.05 Å². The number of rotatable bonds is 1. The molecule has 0 saturated heterocycles. The maximum absolute atomic E-state index is 10.6. The summed E-state index contributed by atoms with van der Waals surface area (Å²) in [5, 5.41) is 8.67. The summed E-state index contributed by atoms with van der Waals surface area (Å²) in [6.45, 7) is 1.87. The van der Waals surface area contributed by atoms with Gasteiger partial charge in [0.15, 0.2) is 5.69 Å². The summed E-state index contributed by atoms with van der Waals surface area (Å²) in [6, 6.07) is 5.18. The lowest BCUT2D eigenvalue weighted by Crippen LogP contribution is -2.38. The molecule has 0 fully saturated rings. The summed E-state index contributed by atoms with van der Waals surface area (Å²) < 4.78 is 1.64. The number of hydrogen-bond acceptors (Lipinski definition) is 1. The second-order valence-corrected chi connectivity index (χ2v) is 2.42. The summed E-state index contributed by atoms with van der Waals surface area (Å²) in [7, 11) is 1.73. The van der Waals surface area contributed by atoms with Gasteiger partial charge in [-0.3, -0.25) is 0 Å². The molecule has 0 aromatic carbocycles. The number of nitrogens with zero attached hydrogens (tertiary/aromatic N) is 1. The summed E-state index contributed by atoms with van der Waals surface area (Å²) in [5.41, 5.74) is 1.25. The predicted molar refractivity (Wildman–Crippen MR) is 39.3 cm³/mol. The molecule has 0 aliphatic rings. The first-order valence-electron chi connectivity index (χ1n) is 3.32. The van der Waals surface area contributed by atoms with Crippen LogP contribution in [0.1, 0.15) is 16.2 Å². The molecule has 0 atom stereocenters. The van der Waals surface area contributed by atoms with Crippen LogP contribution in [0.3, 0.4) is 0 Å². The number of carbonyl (C=O) groups is 1. The van der Waals surface area contributed by atoms with Crippen molar-refractivity contribution in [3.05, 3.63) is 29.6 Å². The van der Waals surface area contributed by atoms with Gasteiger partial charge in [-0.15, -0.1) is 0 Å². The Bertz CT molecular complexity index is 294. The van der Waals surface area contributed by atoms with E-state index in [0.29, 0.717) is 5.69 Å². The summed E-state index contributed by atoms with van der Waals surface area (Å²) in [6.07, 6.45) is 0. The SMILES string of the molecule is Cc1cccc(C(=O)O)[n+]1C. The number of carboxylic acids is 1. The van der Waals surface area contributed by atoms with Crippen molar-refractivity contribution in [2.75, 3.05) is 0 Å². The van der Waals surface area contributed by atoms with Gasteiger partial charge in [-0.1, -0.05) is 0 Å². The number of aromatic carboxylic acids is 1. The van der Waals surface area contributed by atoms with Gasteiger partial charge in [0.25, 0.3) is 5.69 Å². The fourth-order valence-electron chi connectivity index (χ4n) is 0.907. The molecule has 1 rings (SSSR count). The average molecular weight is 152 g/mol. The zero-order valence-corrected chi connectivity index (χ0v) is 6.53. The van der Waals surface area contributed by atoms with Crippen LogP contribution in [0, 0.1) is 6.92 Å². The molecule has 0 aliphatic carbocycles.